The van der Waals surface area contributed by atoms with Crippen LogP contribution in [0.4, 0.5) is 8.78 Å². The standard InChI is InChI=1S/C9H8F2O4/c1-14-4-15-8-6(11)3-2-5(10)7(8)9(12)13/h2-3H,4H2,1H3,(H,12,13). The van der Waals surface area contributed by atoms with E-state index in [1.807, 2.05) is 0 Å². The average molecular weight is 218 g/mol. The molecule has 0 unspecified atom stereocenters. The van der Waals surface area contributed by atoms with Crippen LogP contribution in [0.5, 0.6) is 5.75 Å². The van der Waals surface area contributed by atoms with E-state index in [1.165, 1.54) is 7.11 Å². The maximum atomic E-state index is 13.1. The summed E-state index contributed by atoms with van der Waals surface area (Å²) in [6.45, 7) is -0.360. The molecule has 0 bridgehead atoms. The van der Waals surface area contributed by atoms with Gasteiger partial charge in [-0.3, -0.25) is 0 Å². The van der Waals surface area contributed by atoms with E-state index in [4.69, 9.17) is 5.11 Å². The largest absolute Gasteiger partial charge is 0.477 e. The number of hydrogen-bond acceptors (Lipinski definition) is 3. The molecule has 0 amide bonds. The molecule has 0 saturated heterocycles. The molecule has 15 heavy (non-hydrogen) atoms. The number of benzene rings is 1. The van der Waals surface area contributed by atoms with Crippen molar-refractivity contribution in [2.24, 2.45) is 0 Å². The van der Waals surface area contributed by atoms with Crippen molar-refractivity contribution in [2.45, 2.75) is 0 Å². The lowest BCUT2D eigenvalue weighted by Crippen LogP contribution is -2.09. The van der Waals surface area contributed by atoms with Crippen LogP contribution in [0.1, 0.15) is 10.4 Å². The lowest BCUT2D eigenvalue weighted by Gasteiger charge is -2.09. The van der Waals surface area contributed by atoms with Gasteiger partial charge in [0.25, 0.3) is 0 Å². The first-order valence-electron chi connectivity index (χ1n) is 3.91. The second kappa shape index (κ2) is 4.70. The Morgan fingerprint density at radius 2 is 2.00 bits per heavy atom. The number of methoxy groups -OCH3 is 1. The highest BCUT2D eigenvalue weighted by atomic mass is 19.1. The van der Waals surface area contributed by atoms with Crippen LogP contribution >= 0.6 is 0 Å². The van der Waals surface area contributed by atoms with Crippen LogP contribution in [-0.2, 0) is 4.74 Å². The van der Waals surface area contributed by atoms with Gasteiger partial charge in [0.1, 0.15) is 11.4 Å². The molecule has 0 aromatic heterocycles. The highest BCUT2D eigenvalue weighted by molar-refractivity contribution is 5.91. The van der Waals surface area contributed by atoms with Gasteiger partial charge in [-0.1, -0.05) is 0 Å². The van der Waals surface area contributed by atoms with E-state index in [-0.39, 0.29) is 6.79 Å². The Bertz CT molecular complexity index is 379. The lowest BCUT2D eigenvalue weighted by molar-refractivity contribution is 0.0451. The van der Waals surface area contributed by atoms with Crippen LogP contribution in [0.15, 0.2) is 12.1 Å². The zero-order valence-corrected chi connectivity index (χ0v) is 7.79. The summed E-state index contributed by atoms with van der Waals surface area (Å²) in [7, 11) is 1.28. The fourth-order valence-electron chi connectivity index (χ4n) is 0.991. The van der Waals surface area contributed by atoms with Gasteiger partial charge in [0.2, 0.25) is 0 Å². The van der Waals surface area contributed by atoms with Gasteiger partial charge in [0, 0.05) is 7.11 Å². The smallest absolute Gasteiger partial charge is 0.342 e. The lowest BCUT2D eigenvalue weighted by atomic mass is 10.2. The number of hydrogen-bond donors (Lipinski definition) is 1. The van der Waals surface area contributed by atoms with Crippen LogP contribution in [0.25, 0.3) is 0 Å². The Kier molecular flexibility index (Phi) is 3.56. The SMILES string of the molecule is COCOc1c(F)ccc(F)c1C(=O)O. The Morgan fingerprint density at radius 3 is 2.53 bits per heavy atom. The molecule has 0 aliphatic carbocycles. The molecule has 1 aromatic carbocycles. The van der Waals surface area contributed by atoms with Gasteiger partial charge in [-0.05, 0) is 12.1 Å². The first kappa shape index (κ1) is 11.4. The number of carboxylic acid groups (broad SMARTS) is 1. The van der Waals surface area contributed by atoms with Crippen molar-refractivity contribution in [1.82, 2.24) is 0 Å². The second-order valence-corrected chi connectivity index (χ2v) is 2.59. The summed E-state index contributed by atoms with van der Waals surface area (Å²) >= 11 is 0. The topological polar surface area (TPSA) is 55.8 Å². The molecule has 0 atom stereocenters. The second-order valence-electron chi connectivity index (χ2n) is 2.59. The number of carboxylic acids is 1. The summed E-state index contributed by atoms with van der Waals surface area (Å²) < 4.78 is 35.3. The van der Waals surface area contributed by atoms with Crippen LogP contribution in [-0.4, -0.2) is 25.0 Å². The summed E-state index contributed by atoms with van der Waals surface area (Å²) in [6, 6.07) is 1.51. The zero-order chi connectivity index (χ0) is 11.4. The average Bonchev–Trinajstić information content (AvgIpc) is 2.18. The maximum Gasteiger partial charge on any atom is 0.342 e. The Balaban J connectivity index is 3.19. The molecule has 1 N–H and O–H groups in total. The minimum Gasteiger partial charge on any atom is -0.477 e. The summed E-state index contributed by atoms with van der Waals surface area (Å²) in [4.78, 5) is 10.6. The van der Waals surface area contributed by atoms with Crippen molar-refractivity contribution in [2.75, 3.05) is 13.9 Å². The summed E-state index contributed by atoms with van der Waals surface area (Å²) in [5.41, 5.74) is -0.841. The van der Waals surface area contributed by atoms with Crippen LogP contribution in [0, 0.1) is 11.6 Å². The van der Waals surface area contributed by atoms with E-state index in [9.17, 15) is 13.6 Å². The van der Waals surface area contributed by atoms with E-state index < -0.39 is 28.9 Å². The molecule has 6 heteroatoms. The zero-order valence-electron chi connectivity index (χ0n) is 7.79. The quantitative estimate of drug-likeness (QED) is 0.780. The van der Waals surface area contributed by atoms with Gasteiger partial charge >= 0.3 is 5.97 Å². The molecule has 0 saturated carbocycles. The fraction of sp³-hybridized carbons (Fsp3) is 0.222. The van der Waals surface area contributed by atoms with Crippen molar-refractivity contribution in [3.8, 4) is 5.75 Å². The van der Waals surface area contributed by atoms with Gasteiger partial charge in [-0.25, -0.2) is 13.6 Å². The van der Waals surface area contributed by atoms with Gasteiger partial charge in [-0.2, -0.15) is 0 Å². The molecule has 1 aromatic rings. The number of rotatable bonds is 4. The van der Waals surface area contributed by atoms with Crippen molar-refractivity contribution in [3.63, 3.8) is 0 Å². The van der Waals surface area contributed by atoms with Crippen molar-refractivity contribution in [1.29, 1.82) is 0 Å². The van der Waals surface area contributed by atoms with Crippen molar-refractivity contribution < 1.29 is 28.2 Å². The number of ether oxygens (including phenoxy) is 2. The number of halogens is 2. The van der Waals surface area contributed by atoms with E-state index >= 15 is 0 Å². The number of aromatic carboxylic acids is 1. The minimum atomic E-state index is -1.60. The summed E-state index contributed by atoms with van der Waals surface area (Å²) in [6.07, 6.45) is 0. The predicted molar refractivity (Wildman–Crippen MR) is 45.8 cm³/mol. The highest BCUT2D eigenvalue weighted by Gasteiger charge is 2.21. The predicted octanol–water partition coefficient (Wildman–Crippen LogP) is 1.65. The van der Waals surface area contributed by atoms with Crippen LogP contribution < -0.4 is 4.74 Å². The van der Waals surface area contributed by atoms with Crippen LogP contribution in [0.2, 0.25) is 0 Å². The van der Waals surface area contributed by atoms with Crippen molar-refractivity contribution >= 4 is 5.97 Å². The third-order valence-corrected chi connectivity index (χ3v) is 1.59. The van der Waals surface area contributed by atoms with E-state index in [1.54, 1.807) is 0 Å². The van der Waals surface area contributed by atoms with Gasteiger partial charge < -0.3 is 14.6 Å². The molecule has 0 radical (unpaired) electrons. The molecule has 0 fully saturated rings. The normalized spacial score (nSPS) is 10.1. The summed E-state index contributed by atoms with van der Waals surface area (Å²) in [5.74, 6) is -4.27. The molecular weight excluding hydrogens is 210 g/mol. The molecule has 82 valence electrons. The van der Waals surface area contributed by atoms with E-state index in [2.05, 4.69) is 9.47 Å². The number of carbonyl (C=O) groups is 1. The molecule has 0 aliphatic rings. The molecular formula is C9H8F2O4. The molecule has 4 nitrogen and oxygen atoms in total. The first-order valence-corrected chi connectivity index (χ1v) is 3.91. The Hall–Kier alpha value is -1.69. The summed E-state index contributed by atoms with van der Waals surface area (Å²) in [5, 5.41) is 8.64. The van der Waals surface area contributed by atoms with Gasteiger partial charge in [-0.15, -0.1) is 0 Å². The third-order valence-electron chi connectivity index (χ3n) is 1.59. The van der Waals surface area contributed by atoms with E-state index in [0.29, 0.717) is 0 Å². The third kappa shape index (κ3) is 2.41. The fourth-order valence-corrected chi connectivity index (χ4v) is 0.991. The Morgan fingerprint density at radius 1 is 1.40 bits per heavy atom. The van der Waals surface area contributed by atoms with Gasteiger partial charge in [0.05, 0.1) is 0 Å². The minimum absolute atomic E-state index is 0.360. The Labute approximate surface area is 84.0 Å². The molecule has 0 aliphatic heterocycles. The maximum absolute atomic E-state index is 13.1. The van der Waals surface area contributed by atoms with E-state index in [0.717, 1.165) is 12.1 Å². The molecule has 0 spiro atoms. The van der Waals surface area contributed by atoms with Crippen LogP contribution in [0.3, 0.4) is 0 Å². The highest BCUT2D eigenvalue weighted by Crippen LogP contribution is 2.25. The monoisotopic (exact) mass is 218 g/mol. The van der Waals surface area contributed by atoms with Gasteiger partial charge in [0.15, 0.2) is 18.4 Å². The molecule has 0 heterocycles. The first-order chi connectivity index (χ1) is 7.07. The van der Waals surface area contributed by atoms with Crippen molar-refractivity contribution in [3.05, 3.63) is 29.3 Å². The molecule has 1 rings (SSSR count).